The van der Waals surface area contributed by atoms with Crippen molar-refractivity contribution in [2.24, 2.45) is 0 Å². The third kappa shape index (κ3) is 4.77. The van der Waals surface area contributed by atoms with Crippen molar-refractivity contribution in [3.8, 4) is 0 Å². The average molecular weight is 460 g/mol. The standard InChI is InChI=1S/C23H25NO3S3/c1-26-11-4-10-24(15-18-9-14-28-17-18)16-19-7-8-20(27-19)23(25,21-5-2-12-29-21)22-6-3-13-30-22/h2-3,5-9,12-14,17,25H,4,10-11,15-16H2,1H3. The lowest BCUT2D eigenvalue weighted by molar-refractivity contribution is 0.102. The molecule has 0 unspecified atom stereocenters. The van der Waals surface area contributed by atoms with Crippen LogP contribution in [-0.4, -0.2) is 30.3 Å². The van der Waals surface area contributed by atoms with Crippen LogP contribution < -0.4 is 0 Å². The lowest BCUT2D eigenvalue weighted by atomic mass is 9.97. The zero-order valence-corrected chi connectivity index (χ0v) is 19.3. The maximum Gasteiger partial charge on any atom is 0.191 e. The summed E-state index contributed by atoms with van der Waals surface area (Å²) in [6.07, 6.45) is 0.961. The Morgan fingerprint density at radius 2 is 1.77 bits per heavy atom. The third-order valence-electron chi connectivity index (χ3n) is 4.96. The van der Waals surface area contributed by atoms with Crippen LogP contribution in [0.15, 0.2) is 68.4 Å². The molecule has 4 aromatic rings. The highest BCUT2D eigenvalue weighted by molar-refractivity contribution is 7.11. The molecule has 0 fully saturated rings. The smallest absolute Gasteiger partial charge is 0.191 e. The minimum absolute atomic E-state index is 0.565. The second kappa shape index (κ2) is 10.0. The molecule has 0 radical (unpaired) electrons. The van der Waals surface area contributed by atoms with Crippen molar-refractivity contribution in [3.63, 3.8) is 0 Å². The predicted molar refractivity (Wildman–Crippen MR) is 124 cm³/mol. The maximum absolute atomic E-state index is 11.7. The van der Waals surface area contributed by atoms with Gasteiger partial charge in [-0.15, -0.1) is 22.7 Å². The summed E-state index contributed by atoms with van der Waals surface area (Å²) < 4.78 is 11.5. The van der Waals surface area contributed by atoms with E-state index in [2.05, 4.69) is 21.7 Å². The first kappa shape index (κ1) is 21.5. The predicted octanol–water partition coefficient (Wildman–Crippen LogP) is 5.79. The van der Waals surface area contributed by atoms with Gasteiger partial charge in [-0.05, 0) is 63.8 Å². The molecule has 158 valence electrons. The van der Waals surface area contributed by atoms with Gasteiger partial charge < -0.3 is 14.3 Å². The second-order valence-electron chi connectivity index (χ2n) is 7.12. The Morgan fingerprint density at radius 1 is 1.00 bits per heavy atom. The summed E-state index contributed by atoms with van der Waals surface area (Å²) in [4.78, 5) is 4.08. The zero-order valence-electron chi connectivity index (χ0n) is 16.8. The minimum Gasteiger partial charge on any atom is -0.461 e. The van der Waals surface area contributed by atoms with E-state index in [1.54, 1.807) is 18.4 Å². The maximum atomic E-state index is 11.7. The van der Waals surface area contributed by atoms with Gasteiger partial charge in [-0.1, -0.05) is 12.1 Å². The van der Waals surface area contributed by atoms with Gasteiger partial charge in [-0.25, -0.2) is 0 Å². The van der Waals surface area contributed by atoms with Crippen molar-refractivity contribution in [3.05, 3.63) is 90.8 Å². The van der Waals surface area contributed by atoms with E-state index in [1.165, 1.54) is 28.2 Å². The number of nitrogens with zero attached hydrogens (tertiary/aromatic N) is 1. The van der Waals surface area contributed by atoms with E-state index >= 15 is 0 Å². The lowest BCUT2D eigenvalue weighted by Crippen LogP contribution is -2.26. The fourth-order valence-corrected chi connectivity index (χ4v) is 5.91. The van der Waals surface area contributed by atoms with Gasteiger partial charge in [-0.3, -0.25) is 4.90 Å². The molecule has 30 heavy (non-hydrogen) atoms. The molecule has 0 aliphatic carbocycles. The average Bonchev–Trinajstić information content (AvgIpc) is 3.56. The fourth-order valence-electron chi connectivity index (χ4n) is 3.50. The van der Waals surface area contributed by atoms with Crippen LogP contribution in [0.1, 0.15) is 33.3 Å². The first-order chi connectivity index (χ1) is 14.7. The zero-order chi connectivity index (χ0) is 20.8. The molecule has 4 aromatic heterocycles. The van der Waals surface area contributed by atoms with Gasteiger partial charge in [0.2, 0.25) is 0 Å². The summed E-state index contributed by atoms with van der Waals surface area (Å²) in [5.74, 6) is 1.42. The van der Waals surface area contributed by atoms with Gasteiger partial charge in [-0.2, -0.15) is 11.3 Å². The van der Waals surface area contributed by atoms with Gasteiger partial charge in [0.05, 0.1) is 6.54 Å². The molecule has 0 bridgehead atoms. The normalized spacial score (nSPS) is 12.1. The fraction of sp³-hybridized carbons (Fsp3) is 0.304. The third-order valence-corrected chi connectivity index (χ3v) is 7.65. The Bertz CT molecular complexity index is 957. The Labute approximate surface area is 189 Å². The Hall–Kier alpha value is -1.74. The number of methoxy groups -OCH3 is 1. The van der Waals surface area contributed by atoms with E-state index < -0.39 is 5.60 Å². The number of ether oxygens (including phenoxy) is 1. The van der Waals surface area contributed by atoms with Crippen molar-refractivity contribution in [1.82, 2.24) is 4.90 Å². The molecule has 0 aromatic carbocycles. The number of hydrogen-bond donors (Lipinski definition) is 1. The number of hydrogen-bond acceptors (Lipinski definition) is 7. The molecule has 1 N–H and O–H groups in total. The van der Waals surface area contributed by atoms with Gasteiger partial charge in [0.1, 0.15) is 11.5 Å². The van der Waals surface area contributed by atoms with Crippen LogP contribution in [0, 0.1) is 0 Å². The minimum atomic E-state index is -1.26. The van der Waals surface area contributed by atoms with E-state index in [1.807, 2.05) is 47.2 Å². The van der Waals surface area contributed by atoms with Crippen molar-refractivity contribution in [1.29, 1.82) is 0 Å². The van der Waals surface area contributed by atoms with Crippen LogP contribution in [0.25, 0.3) is 0 Å². The van der Waals surface area contributed by atoms with Crippen LogP contribution in [-0.2, 0) is 23.4 Å². The Kier molecular flexibility index (Phi) is 7.20. The number of rotatable bonds is 11. The van der Waals surface area contributed by atoms with Crippen LogP contribution in [0.5, 0.6) is 0 Å². The molecule has 0 atom stereocenters. The summed E-state index contributed by atoms with van der Waals surface area (Å²) in [6, 6.07) is 13.9. The van der Waals surface area contributed by atoms with Crippen molar-refractivity contribution < 1.29 is 14.3 Å². The second-order valence-corrected chi connectivity index (χ2v) is 9.79. The highest BCUT2D eigenvalue weighted by Crippen LogP contribution is 2.41. The van der Waals surface area contributed by atoms with Crippen LogP contribution >= 0.6 is 34.0 Å². The van der Waals surface area contributed by atoms with E-state index in [9.17, 15) is 5.11 Å². The quantitative estimate of drug-likeness (QED) is 0.289. The van der Waals surface area contributed by atoms with E-state index in [4.69, 9.17) is 9.15 Å². The molecule has 0 amide bonds. The molecule has 0 spiro atoms. The van der Waals surface area contributed by atoms with Crippen LogP contribution in [0.2, 0.25) is 0 Å². The first-order valence-corrected chi connectivity index (χ1v) is 12.5. The number of aliphatic hydroxyl groups is 1. The topological polar surface area (TPSA) is 45.8 Å². The molecule has 4 rings (SSSR count). The summed E-state index contributed by atoms with van der Waals surface area (Å²) in [6.45, 7) is 3.20. The van der Waals surface area contributed by atoms with Crippen molar-refractivity contribution in [2.45, 2.75) is 25.1 Å². The molecule has 0 saturated heterocycles. The summed E-state index contributed by atoms with van der Waals surface area (Å²) in [7, 11) is 1.73. The van der Waals surface area contributed by atoms with Gasteiger partial charge >= 0.3 is 0 Å². The Balaban J connectivity index is 1.56. The van der Waals surface area contributed by atoms with Crippen molar-refractivity contribution in [2.75, 3.05) is 20.3 Å². The lowest BCUT2D eigenvalue weighted by Gasteiger charge is -2.24. The molecular formula is C23H25NO3S3. The highest BCUT2D eigenvalue weighted by atomic mass is 32.1. The van der Waals surface area contributed by atoms with Crippen LogP contribution in [0.4, 0.5) is 0 Å². The largest absolute Gasteiger partial charge is 0.461 e. The molecular weight excluding hydrogens is 434 g/mol. The molecule has 4 heterocycles. The van der Waals surface area contributed by atoms with E-state index in [-0.39, 0.29) is 0 Å². The SMILES string of the molecule is COCCCN(Cc1ccsc1)Cc1ccc(C(O)(c2cccs2)c2cccs2)o1. The van der Waals surface area contributed by atoms with Gasteiger partial charge in [0.15, 0.2) is 5.60 Å². The van der Waals surface area contributed by atoms with Gasteiger partial charge in [0, 0.05) is 36.6 Å². The molecule has 7 heteroatoms. The molecule has 0 aliphatic heterocycles. The molecule has 0 saturated carbocycles. The Morgan fingerprint density at radius 3 is 2.37 bits per heavy atom. The summed E-state index contributed by atoms with van der Waals surface area (Å²) >= 11 is 4.79. The number of thiophene rings is 3. The van der Waals surface area contributed by atoms with E-state index in [0.29, 0.717) is 12.3 Å². The van der Waals surface area contributed by atoms with Gasteiger partial charge in [0.25, 0.3) is 0 Å². The number of furan rings is 1. The van der Waals surface area contributed by atoms with Crippen LogP contribution in [0.3, 0.4) is 0 Å². The monoisotopic (exact) mass is 459 g/mol. The summed E-state index contributed by atoms with van der Waals surface area (Å²) in [5, 5.41) is 20.0. The first-order valence-electron chi connectivity index (χ1n) is 9.82. The van der Waals surface area contributed by atoms with Crippen molar-refractivity contribution >= 4 is 34.0 Å². The highest BCUT2D eigenvalue weighted by Gasteiger charge is 2.39. The molecule has 4 nitrogen and oxygen atoms in total. The molecule has 0 aliphatic rings. The summed E-state index contributed by atoms with van der Waals surface area (Å²) in [5.41, 5.74) is 0.0484. The van der Waals surface area contributed by atoms with E-state index in [0.717, 1.165) is 41.6 Å².